The van der Waals surface area contributed by atoms with Gasteiger partial charge in [-0.3, -0.25) is 0 Å². The highest BCUT2D eigenvalue weighted by atomic mass is 19.1. The summed E-state index contributed by atoms with van der Waals surface area (Å²) in [7, 11) is 0. The summed E-state index contributed by atoms with van der Waals surface area (Å²) < 4.78 is 24.1. The van der Waals surface area contributed by atoms with Crippen LogP contribution in [-0.2, 0) is 6.61 Å². The highest BCUT2D eigenvalue weighted by molar-refractivity contribution is 5.76. The Bertz CT molecular complexity index is 768. The Labute approximate surface area is 115 Å². The molecule has 0 amide bonds. The zero-order valence-electron chi connectivity index (χ0n) is 10.9. The van der Waals surface area contributed by atoms with E-state index < -0.39 is 0 Å². The van der Waals surface area contributed by atoms with Gasteiger partial charge in [-0.2, -0.15) is 0 Å². The van der Waals surface area contributed by atoms with Gasteiger partial charge in [0.25, 0.3) is 0 Å². The van der Waals surface area contributed by atoms with Crippen LogP contribution in [0.2, 0.25) is 0 Å². The third-order valence-electron chi connectivity index (χ3n) is 2.94. The van der Waals surface area contributed by atoms with E-state index >= 15 is 0 Å². The SMILES string of the molecule is Cc1cc(F)ccc1OCc1nc2ccc(N)cc2o1. The Morgan fingerprint density at radius 1 is 1.25 bits per heavy atom. The summed E-state index contributed by atoms with van der Waals surface area (Å²) in [6, 6.07) is 9.64. The van der Waals surface area contributed by atoms with Gasteiger partial charge in [0.05, 0.1) is 0 Å². The Morgan fingerprint density at radius 2 is 2.10 bits per heavy atom. The highest BCUT2D eigenvalue weighted by Crippen LogP contribution is 2.22. The third kappa shape index (κ3) is 2.42. The van der Waals surface area contributed by atoms with Crippen molar-refractivity contribution in [2.24, 2.45) is 0 Å². The molecule has 20 heavy (non-hydrogen) atoms. The zero-order valence-corrected chi connectivity index (χ0v) is 10.9. The first-order valence-corrected chi connectivity index (χ1v) is 6.16. The molecule has 3 aromatic rings. The fourth-order valence-electron chi connectivity index (χ4n) is 1.96. The number of nitrogens with zero attached hydrogens (tertiary/aromatic N) is 1. The Hall–Kier alpha value is -2.56. The first-order valence-electron chi connectivity index (χ1n) is 6.16. The number of fused-ring (bicyclic) bond motifs is 1. The van der Waals surface area contributed by atoms with Gasteiger partial charge in [0.2, 0.25) is 5.89 Å². The van der Waals surface area contributed by atoms with Crippen molar-refractivity contribution in [1.29, 1.82) is 0 Å². The summed E-state index contributed by atoms with van der Waals surface area (Å²) in [6.45, 7) is 1.96. The van der Waals surface area contributed by atoms with Crippen LogP contribution in [0.1, 0.15) is 11.5 Å². The van der Waals surface area contributed by atoms with Crippen LogP contribution in [0.15, 0.2) is 40.8 Å². The van der Waals surface area contributed by atoms with E-state index in [0.717, 1.165) is 11.1 Å². The maximum Gasteiger partial charge on any atom is 0.233 e. The second-order valence-corrected chi connectivity index (χ2v) is 4.53. The average molecular weight is 272 g/mol. The predicted molar refractivity (Wildman–Crippen MR) is 73.9 cm³/mol. The smallest absolute Gasteiger partial charge is 0.233 e. The number of hydrogen-bond donors (Lipinski definition) is 1. The van der Waals surface area contributed by atoms with Gasteiger partial charge in [-0.15, -0.1) is 0 Å². The minimum absolute atomic E-state index is 0.182. The van der Waals surface area contributed by atoms with Crippen LogP contribution in [-0.4, -0.2) is 4.98 Å². The maximum atomic E-state index is 13.0. The Morgan fingerprint density at radius 3 is 2.90 bits per heavy atom. The minimum atomic E-state index is -0.285. The summed E-state index contributed by atoms with van der Waals surface area (Å²) in [4.78, 5) is 4.29. The Kier molecular flexibility index (Phi) is 3.02. The highest BCUT2D eigenvalue weighted by Gasteiger charge is 2.08. The van der Waals surface area contributed by atoms with Gasteiger partial charge in [-0.1, -0.05) is 0 Å². The Balaban J connectivity index is 1.79. The van der Waals surface area contributed by atoms with E-state index in [1.54, 1.807) is 31.2 Å². The second-order valence-electron chi connectivity index (χ2n) is 4.53. The number of nitrogen functional groups attached to an aromatic ring is 1. The summed E-state index contributed by atoms with van der Waals surface area (Å²) in [6.07, 6.45) is 0. The first kappa shape index (κ1) is 12.5. The summed E-state index contributed by atoms with van der Waals surface area (Å²) in [5.74, 6) is 0.773. The fraction of sp³-hybridized carbons (Fsp3) is 0.133. The molecule has 0 fully saturated rings. The van der Waals surface area contributed by atoms with Crippen molar-refractivity contribution >= 4 is 16.8 Å². The van der Waals surface area contributed by atoms with Crippen molar-refractivity contribution in [1.82, 2.24) is 4.98 Å². The average Bonchev–Trinajstić information content (AvgIpc) is 2.79. The van der Waals surface area contributed by atoms with Gasteiger partial charge in [0, 0.05) is 11.8 Å². The lowest BCUT2D eigenvalue weighted by Gasteiger charge is -2.06. The van der Waals surface area contributed by atoms with Gasteiger partial charge in [0.1, 0.15) is 17.1 Å². The molecule has 1 heterocycles. The lowest BCUT2D eigenvalue weighted by Crippen LogP contribution is -1.97. The quantitative estimate of drug-likeness (QED) is 0.742. The standard InChI is InChI=1S/C15H13FN2O2/c1-9-6-10(16)2-5-13(9)19-8-15-18-12-4-3-11(17)7-14(12)20-15/h2-7H,8,17H2,1H3. The van der Waals surface area contributed by atoms with Crippen LogP contribution in [0.25, 0.3) is 11.1 Å². The first-order chi connectivity index (χ1) is 9.61. The van der Waals surface area contributed by atoms with Crippen molar-refractivity contribution in [2.45, 2.75) is 13.5 Å². The number of nitrogens with two attached hydrogens (primary N) is 1. The van der Waals surface area contributed by atoms with Crippen molar-refractivity contribution in [3.05, 3.63) is 53.7 Å². The molecule has 0 saturated heterocycles. The molecule has 0 atom stereocenters. The number of rotatable bonds is 3. The lowest BCUT2D eigenvalue weighted by molar-refractivity contribution is 0.265. The predicted octanol–water partition coefficient (Wildman–Crippen LogP) is 3.44. The van der Waals surface area contributed by atoms with Crippen LogP contribution < -0.4 is 10.5 Å². The zero-order chi connectivity index (χ0) is 14.1. The topological polar surface area (TPSA) is 61.3 Å². The molecule has 1 aromatic heterocycles. The number of aromatic nitrogens is 1. The van der Waals surface area contributed by atoms with Crippen LogP contribution in [0, 0.1) is 12.7 Å². The van der Waals surface area contributed by atoms with E-state index in [1.807, 2.05) is 0 Å². The molecular formula is C15H13FN2O2. The number of halogens is 1. The van der Waals surface area contributed by atoms with E-state index in [4.69, 9.17) is 14.9 Å². The molecule has 0 bridgehead atoms. The molecule has 0 aliphatic rings. The normalized spacial score (nSPS) is 10.9. The van der Waals surface area contributed by atoms with Crippen LogP contribution in [0.3, 0.4) is 0 Å². The maximum absolute atomic E-state index is 13.0. The molecular weight excluding hydrogens is 259 g/mol. The van der Waals surface area contributed by atoms with Crippen LogP contribution in [0.4, 0.5) is 10.1 Å². The molecule has 102 valence electrons. The number of hydrogen-bond acceptors (Lipinski definition) is 4. The largest absolute Gasteiger partial charge is 0.484 e. The van der Waals surface area contributed by atoms with E-state index in [-0.39, 0.29) is 12.4 Å². The molecule has 0 unspecified atom stereocenters. The molecule has 0 aliphatic heterocycles. The monoisotopic (exact) mass is 272 g/mol. The summed E-state index contributed by atoms with van der Waals surface area (Å²) in [5, 5.41) is 0. The molecule has 4 nitrogen and oxygen atoms in total. The van der Waals surface area contributed by atoms with Gasteiger partial charge >= 0.3 is 0 Å². The number of benzene rings is 2. The summed E-state index contributed by atoms with van der Waals surface area (Å²) in [5.41, 5.74) is 8.38. The van der Waals surface area contributed by atoms with Crippen molar-refractivity contribution in [3.8, 4) is 5.75 Å². The van der Waals surface area contributed by atoms with Crippen LogP contribution >= 0.6 is 0 Å². The second kappa shape index (κ2) is 4.85. The van der Waals surface area contributed by atoms with E-state index in [2.05, 4.69) is 4.98 Å². The molecule has 0 aliphatic carbocycles. The summed E-state index contributed by atoms with van der Waals surface area (Å²) >= 11 is 0. The van der Waals surface area contributed by atoms with Crippen molar-refractivity contribution in [2.75, 3.05) is 5.73 Å². The van der Waals surface area contributed by atoms with Crippen LogP contribution in [0.5, 0.6) is 5.75 Å². The fourth-order valence-corrected chi connectivity index (χ4v) is 1.96. The molecule has 5 heteroatoms. The number of ether oxygens (including phenoxy) is 1. The van der Waals surface area contributed by atoms with E-state index in [0.29, 0.717) is 22.9 Å². The van der Waals surface area contributed by atoms with E-state index in [9.17, 15) is 4.39 Å². The minimum Gasteiger partial charge on any atom is -0.484 e. The van der Waals surface area contributed by atoms with E-state index in [1.165, 1.54) is 12.1 Å². The van der Waals surface area contributed by atoms with Gasteiger partial charge in [0.15, 0.2) is 12.2 Å². The van der Waals surface area contributed by atoms with Crippen molar-refractivity contribution < 1.29 is 13.5 Å². The van der Waals surface area contributed by atoms with Gasteiger partial charge < -0.3 is 14.9 Å². The molecule has 3 rings (SSSR count). The van der Waals surface area contributed by atoms with Gasteiger partial charge in [-0.05, 0) is 42.8 Å². The van der Waals surface area contributed by atoms with Gasteiger partial charge in [-0.25, -0.2) is 9.37 Å². The molecule has 0 radical (unpaired) electrons. The molecule has 0 spiro atoms. The third-order valence-corrected chi connectivity index (χ3v) is 2.94. The lowest BCUT2D eigenvalue weighted by atomic mass is 10.2. The van der Waals surface area contributed by atoms with Crippen molar-refractivity contribution in [3.63, 3.8) is 0 Å². The molecule has 2 N–H and O–H groups in total. The molecule has 0 saturated carbocycles. The number of aryl methyl sites for hydroxylation is 1. The number of oxazole rings is 1. The number of anilines is 1. The molecule has 2 aromatic carbocycles.